The molecule has 0 aliphatic carbocycles. The molecular weight excluding hydrogens is 334 g/mol. The van der Waals surface area contributed by atoms with Gasteiger partial charge in [0.05, 0.1) is 11.6 Å². The topological polar surface area (TPSA) is 45.2 Å². The summed E-state index contributed by atoms with van der Waals surface area (Å²) in [6.07, 6.45) is 1.78. The van der Waals surface area contributed by atoms with Crippen molar-refractivity contribution < 1.29 is 4.79 Å². The highest BCUT2D eigenvalue weighted by atomic mass is 16.2. The maximum absolute atomic E-state index is 13.5. The molecule has 3 atom stereocenters. The summed E-state index contributed by atoms with van der Waals surface area (Å²) in [5, 5.41) is 4.53. The number of carbonyl (C=O) groups excluding carboxylic acids is 1. The molecule has 4 heteroatoms. The van der Waals surface area contributed by atoms with Crippen LogP contribution in [-0.2, 0) is 0 Å². The van der Waals surface area contributed by atoms with Crippen molar-refractivity contribution in [2.24, 2.45) is 11.8 Å². The number of aryl methyl sites for hydroxylation is 1. The molecule has 0 bridgehead atoms. The first kappa shape index (κ1) is 16.5. The molecule has 2 saturated heterocycles. The number of amides is 1. The van der Waals surface area contributed by atoms with E-state index in [1.807, 2.05) is 30.3 Å². The Morgan fingerprint density at radius 1 is 1.11 bits per heavy atom. The molecule has 2 aromatic carbocycles. The largest absolute Gasteiger partial charge is 0.331 e. The third kappa shape index (κ3) is 2.72. The van der Waals surface area contributed by atoms with Crippen molar-refractivity contribution >= 4 is 16.8 Å². The van der Waals surface area contributed by atoms with E-state index in [2.05, 4.69) is 46.4 Å². The summed E-state index contributed by atoms with van der Waals surface area (Å²) >= 11 is 0. The number of nitrogens with one attached hydrogen (secondary N) is 1. The van der Waals surface area contributed by atoms with Gasteiger partial charge in [0.25, 0.3) is 5.91 Å². The number of nitrogens with zero attached hydrogens (tertiary/aromatic N) is 2. The lowest BCUT2D eigenvalue weighted by Crippen LogP contribution is -2.35. The van der Waals surface area contributed by atoms with Crippen LogP contribution >= 0.6 is 0 Å². The fraction of sp³-hybridized carbons (Fsp3) is 0.304. The molecule has 2 fully saturated rings. The molecule has 0 saturated carbocycles. The molecule has 0 spiro atoms. The molecule has 3 aromatic rings. The summed E-state index contributed by atoms with van der Waals surface area (Å²) in [6, 6.07) is 18.4. The summed E-state index contributed by atoms with van der Waals surface area (Å²) in [4.78, 5) is 20.0. The highest BCUT2D eigenvalue weighted by Gasteiger charge is 2.47. The van der Waals surface area contributed by atoms with Gasteiger partial charge in [0.2, 0.25) is 0 Å². The van der Waals surface area contributed by atoms with Gasteiger partial charge in [-0.05, 0) is 48.2 Å². The molecule has 0 unspecified atom stereocenters. The molecule has 2 aliphatic rings. The molecule has 1 aromatic heterocycles. The zero-order valence-electron chi connectivity index (χ0n) is 15.4. The van der Waals surface area contributed by atoms with Crippen LogP contribution < -0.4 is 5.32 Å². The van der Waals surface area contributed by atoms with Crippen LogP contribution in [0.3, 0.4) is 0 Å². The van der Waals surface area contributed by atoms with Crippen LogP contribution in [0, 0.1) is 18.8 Å². The van der Waals surface area contributed by atoms with Gasteiger partial charge in [-0.3, -0.25) is 9.78 Å². The van der Waals surface area contributed by atoms with E-state index >= 15 is 0 Å². The Hall–Kier alpha value is -2.72. The van der Waals surface area contributed by atoms with Gasteiger partial charge in [0.15, 0.2) is 0 Å². The van der Waals surface area contributed by atoms with Gasteiger partial charge in [-0.15, -0.1) is 0 Å². The Bertz CT molecular complexity index is 1020. The Balaban J connectivity index is 1.55. The van der Waals surface area contributed by atoms with Crippen LogP contribution in [0.4, 0.5) is 0 Å². The third-order valence-corrected chi connectivity index (χ3v) is 6.18. The minimum Gasteiger partial charge on any atom is -0.331 e. The lowest BCUT2D eigenvalue weighted by atomic mass is 9.87. The van der Waals surface area contributed by atoms with E-state index < -0.39 is 0 Å². The Morgan fingerprint density at radius 3 is 2.89 bits per heavy atom. The van der Waals surface area contributed by atoms with E-state index in [-0.39, 0.29) is 11.9 Å². The van der Waals surface area contributed by atoms with Crippen molar-refractivity contribution in [2.75, 3.05) is 19.6 Å². The van der Waals surface area contributed by atoms with Crippen molar-refractivity contribution in [3.05, 3.63) is 77.5 Å². The standard InChI is InChI=1S/C23H23N3O/c1-15-5-2-3-7-19(15)22-20-13-24-12-18(20)14-26(22)23(27)17-8-9-21-16(11-17)6-4-10-25-21/h2-11,18,20,22,24H,12-14H2,1H3/t18-,20-,22-/m0/s1. The number of benzene rings is 2. The molecule has 1 amide bonds. The maximum atomic E-state index is 13.5. The van der Waals surface area contributed by atoms with E-state index in [0.29, 0.717) is 11.8 Å². The molecule has 2 aliphatic heterocycles. The molecule has 136 valence electrons. The van der Waals surface area contributed by atoms with Gasteiger partial charge in [0.1, 0.15) is 0 Å². The normalized spacial score (nSPS) is 24.3. The highest BCUT2D eigenvalue weighted by molar-refractivity contribution is 5.98. The second kappa shape index (κ2) is 6.46. The Labute approximate surface area is 159 Å². The average Bonchev–Trinajstić information content (AvgIpc) is 3.29. The minimum absolute atomic E-state index is 0.128. The predicted molar refractivity (Wildman–Crippen MR) is 107 cm³/mol. The Morgan fingerprint density at radius 2 is 2.00 bits per heavy atom. The second-order valence-electron chi connectivity index (χ2n) is 7.75. The maximum Gasteiger partial charge on any atom is 0.254 e. The monoisotopic (exact) mass is 357 g/mol. The molecular formula is C23H23N3O. The van der Waals surface area contributed by atoms with Crippen molar-refractivity contribution in [1.29, 1.82) is 0 Å². The summed E-state index contributed by atoms with van der Waals surface area (Å²) in [5.74, 6) is 1.14. The van der Waals surface area contributed by atoms with Crippen LogP contribution in [0.2, 0.25) is 0 Å². The molecule has 1 N–H and O–H groups in total. The predicted octanol–water partition coefficient (Wildman–Crippen LogP) is 3.58. The molecule has 0 radical (unpaired) electrons. The van der Waals surface area contributed by atoms with Crippen LogP contribution in [0.25, 0.3) is 10.9 Å². The molecule has 4 nitrogen and oxygen atoms in total. The summed E-state index contributed by atoms with van der Waals surface area (Å²) in [7, 11) is 0. The first-order valence-corrected chi connectivity index (χ1v) is 9.64. The third-order valence-electron chi connectivity index (χ3n) is 6.18. The zero-order chi connectivity index (χ0) is 18.4. The number of hydrogen-bond acceptors (Lipinski definition) is 3. The number of hydrogen-bond donors (Lipinski definition) is 1. The number of likely N-dealkylation sites (tertiary alicyclic amines) is 1. The zero-order valence-corrected chi connectivity index (χ0v) is 15.4. The number of rotatable bonds is 2. The smallest absolute Gasteiger partial charge is 0.254 e. The van der Waals surface area contributed by atoms with E-state index in [4.69, 9.17) is 0 Å². The van der Waals surface area contributed by atoms with Gasteiger partial charge < -0.3 is 10.2 Å². The Kier molecular flexibility index (Phi) is 3.94. The van der Waals surface area contributed by atoms with Crippen LogP contribution in [0.15, 0.2) is 60.8 Å². The summed E-state index contributed by atoms with van der Waals surface area (Å²) in [6.45, 7) is 4.95. The van der Waals surface area contributed by atoms with Gasteiger partial charge in [-0.25, -0.2) is 0 Å². The van der Waals surface area contributed by atoms with Gasteiger partial charge in [0, 0.05) is 42.7 Å². The van der Waals surface area contributed by atoms with E-state index in [9.17, 15) is 4.79 Å². The van der Waals surface area contributed by atoms with Gasteiger partial charge in [-0.2, -0.15) is 0 Å². The minimum atomic E-state index is 0.128. The fourth-order valence-corrected chi connectivity index (χ4v) is 4.82. The summed E-state index contributed by atoms with van der Waals surface area (Å²) in [5.41, 5.74) is 4.22. The summed E-state index contributed by atoms with van der Waals surface area (Å²) < 4.78 is 0. The van der Waals surface area contributed by atoms with Gasteiger partial charge >= 0.3 is 0 Å². The highest BCUT2D eigenvalue weighted by Crippen LogP contribution is 2.44. The van der Waals surface area contributed by atoms with Crippen molar-refractivity contribution in [3.8, 4) is 0 Å². The first-order valence-electron chi connectivity index (χ1n) is 9.64. The van der Waals surface area contributed by atoms with Gasteiger partial charge in [-0.1, -0.05) is 30.3 Å². The fourth-order valence-electron chi connectivity index (χ4n) is 4.82. The van der Waals surface area contributed by atoms with E-state index in [1.165, 1.54) is 11.1 Å². The molecule has 27 heavy (non-hydrogen) atoms. The van der Waals surface area contributed by atoms with Crippen LogP contribution in [0.5, 0.6) is 0 Å². The molecule has 3 heterocycles. The van der Waals surface area contributed by atoms with Crippen LogP contribution in [0.1, 0.15) is 27.5 Å². The second-order valence-corrected chi connectivity index (χ2v) is 7.75. The number of carbonyl (C=O) groups is 1. The SMILES string of the molecule is Cc1ccccc1[C@H]1[C@H]2CNC[C@H]2CN1C(=O)c1ccc2ncccc2c1. The first-order chi connectivity index (χ1) is 13.2. The average molecular weight is 357 g/mol. The number of pyridine rings is 1. The number of fused-ring (bicyclic) bond motifs is 2. The van der Waals surface area contributed by atoms with Crippen molar-refractivity contribution in [2.45, 2.75) is 13.0 Å². The number of aromatic nitrogens is 1. The van der Waals surface area contributed by atoms with Crippen LogP contribution in [-0.4, -0.2) is 35.4 Å². The van der Waals surface area contributed by atoms with E-state index in [0.717, 1.165) is 36.1 Å². The quantitative estimate of drug-likeness (QED) is 0.762. The lowest BCUT2D eigenvalue weighted by molar-refractivity contribution is 0.0714. The lowest BCUT2D eigenvalue weighted by Gasteiger charge is -2.29. The van der Waals surface area contributed by atoms with E-state index in [1.54, 1.807) is 6.20 Å². The van der Waals surface area contributed by atoms with Crippen molar-refractivity contribution in [1.82, 2.24) is 15.2 Å². The van der Waals surface area contributed by atoms with Crippen molar-refractivity contribution in [3.63, 3.8) is 0 Å². The molecule has 5 rings (SSSR count).